The Morgan fingerprint density at radius 2 is 1.57 bits per heavy atom. The third kappa shape index (κ3) is 5.63. The van der Waals surface area contributed by atoms with E-state index in [-0.39, 0.29) is 21.2 Å². The van der Waals surface area contributed by atoms with Crippen LogP contribution in [-0.2, 0) is 24.8 Å². The summed E-state index contributed by atoms with van der Waals surface area (Å²) >= 11 is 0. The molecule has 1 aliphatic rings. The van der Waals surface area contributed by atoms with Crippen molar-refractivity contribution < 1.29 is 26.4 Å². The van der Waals surface area contributed by atoms with Gasteiger partial charge < -0.3 is 10.1 Å². The minimum atomic E-state index is -4.08. The van der Waals surface area contributed by atoms with E-state index in [1.807, 2.05) is 0 Å². The van der Waals surface area contributed by atoms with Crippen LogP contribution in [0.3, 0.4) is 0 Å². The van der Waals surface area contributed by atoms with Crippen LogP contribution >= 0.6 is 0 Å². The maximum Gasteiger partial charge on any atom is 0.264 e. The van der Waals surface area contributed by atoms with Gasteiger partial charge in [-0.1, -0.05) is 36.4 Å². The molecule has 1 amide bonds. The number of sulfonamides is 2. The summed E-state index contributed by atoms with van der Waals surface area (Å²) < 4.78 is 61.0. The van der Waals surface area contributed by atoms with Crippen molar-refractivity contribution in [2.24, 2.45) is 0 Å². The van der Waals surface area contributed by atoms with Gasteiger partial charge in [-0.25, -0.2) is 16.8 Å². The van der Waals surface area contributed by atoms with E-state index in [1.165, 1.54) is 41.7 Å². The van der Waals surface area contributed by atoms with Crippen molar-refractivity contribution in [2.45, 2.75) is 29.6 Å². The first-order valence-electron chi connectivity index (χ1n) is 11.8. The van der Waals surface area contributed by atoms with Crippen molar-refractivity contribution in [1.29, 1.82) is 0 Å². The molecule has 1 N–H and O–H groups in total. The second kappa shape index (κ2) is 10.9. The maximum atomic E-state index is 13.6. The Hall–Kier alpha value is -3.41. The minimum Gasteiger partial charge on any atom is -0.495 e. The molecule has 37 heavy (non-hydrogen) atoms. The first-order valence-corrected chi connectivity index (χ1v) is 14.6. The number of carbonyl (C=O) groups is 1. The summed E-state index contributed by atoms with van der Waals surface area (Å²) in [6.45, 7) is 2.11. The molecular weight excluding hydrogens is 514 g/mol. The van der Waals surface area contributed by atoms with Crippen LogP contribution in [0, 0.1) is 6.92 Å². The van der Waals surface area contributed by atoms with Gasteiger partial charge in [0.05, 0.1) is 28.3 Å². The van der Waals surface area contributed by atoms with E-state index < -0.39 is 32.5 Å². The van der Waals surface area contributed by atoms with E-state index in [0.717, 1.165) is 17.1 Å². The predicted molar refractivity (Wildman–Crippen MR) is 142 cm³/mol. The number of aryl methyl sites for hydroxylation is 1. The number of nitrogens with zero attached hydrogens (tertiary/aromatic N) is 2. The van der Waals surface area contributed by atoms with Crippen LogP contribution in [-0.4, -0.2) is 53.8 Å². The van der Waals surface area contributed by atoms with Crippen LogP contribution in [0.15, 0.2) is 82.6 Å². The Morgan fingerprint density at radius 1 is 0.919 bits per heavy atom. The van der Waals surface area contributed by atoms with Crippen molar-refractivity contribution in [3.8, 4) is 5.75 Å². The van der Waals surface area contributed by atoms with Crippen molar-refractivity contribution in [1.82, 2.24) is 4.31 Å². The third-order valence-electron chi connectivity index (χ3n) is 6.15. The molecule has 1 aliphatic heterocycles. The average molecular weight is 544 g/mol. The number of para-hydroxylation sites is 1. The number of amides is 1. The molecule has 0 unspecified atom stereocenters. The highest BCUT2D eigenvalue weighted by molar-refractivity contribution is 7.92. The number of methoxy groups -OCH3 is 1. The zero-order valence-corrected chi connectivity index (χ0v) is 22.3. The quantitative estimate of drug-likeness (QED) is 0.441. The Kier molecular flexibility index (Phi) is 7.86. The van der Waals surface area contributed by atoms with Gasteiger partial charge >= 0.3 is 0 Å². The second-order valence-corrected chi connectivity index (χ2v) is 12.4. The lowest BCUT2D eigenvalue weighted by atomic mass is 10.2. The molecule has 3 aromatic rings. The molecule has 1 heterocycles. The van der Waals surface area contributed by atoms with Crippen LogP contribution in [0.2, 0.25) is 0 Å². The summed E-state index contributed by atoms with van der Waals surface area (Å²) in [7, 11) is -6.41. The lowest BCUT2D eigenvalue weighted by molar-refractivity contribution is -0.114. The predicted octanol–water partition coefficient (Wildman–Crippen LogP) is 3.62. The lowest BCUT2D eigenvalue weighted by Crippen LogP contribution is -2.38. The van der Waals surface area contributed by atoms with E-state index in [1.54, 1.807) is 49.4 Å². The van der Waals surface area contributed by atoms with Gasteiger partial charge in [0.25, 0.3) is 10.0 Å². The lowest BCUT2D eigenvalue weighted by Gasteiger charge is -2.26. The number of benzene rings is 3. The molecule has 0 bridgehead atoms. The standard InChI is InChI=1S/C26H29N3O6S2/c1-20-10-6-7-13-24(20)29(37(33,34)21-11-4-3-5-12-21)19-26(30)27-23-18-22(14-15-25(23)35-2)36(31,32)28-16-8-9-17-28/h3-7,10-15,18H,8-9,16-17,19H2,1-2H3,(H,27,30). The number of hydrogen-bond donors (Lipinski definition) is 1. The Morgan fingerprint density at radius 3 is 2.22 bits per heavy atom. The van der Waals surface area contributed by atoms with Crippen molar-refractivity contribution >= 4 is 37.3 Å². The largest absolute Gasteiger partial charge is 0.495 e. The molecular formula is C26H29N3O6S2. The fraction of sp³-hybridized carbons (Fsp3) is 0.269. The monoisotopic (exact) mass is 543 g/mol. The molecule has 4 rings (SSSR count). The van der Waals surface area contributed by atoms with Crippen LogP contribution in [0.1, 0.15) is 18.4 Å². The summed E-state index contributed by atoms with van der Waals surface area (Å²) in [6.07, 6.45) is 1.59. The molecule has 0 aliphatic carbocycles. The highest BCUT2D eigenvalue weighted by Crippen LogP contribution is 2.31. The van der Waals surface area contributed by atoms with Crippen LogP contribution in [0.5, 0.6) is 5.75 Å². The van der Waals surface area contributed by atoms with E-state index in [4.69, 9.17) is 4.74 Å². The van der Waals surface area contributed by atoms with Crippen molar-refractivity contribution in [3.63, 3.8) is 0 Å². The van der Waals surface area contributed by atoms with E-state index in [9.17, 15) is 21.6 Å². The van der Waals surface area contributed by atoms with Crippen LogP contribution in [0.25, 0.3) is 0 Å². The van der Waals surface area contributed by atoms with Gasteiger partial charge in [0, 0.05) is 13.1 Å². The Labute approximate surface area is 217 Å². The number of hydrogen-bond acceptors (Lipinski definition) is 6. The Balaban J connectivity index is 1.66. The highest BCUT2D eigenvalue weighted by atomic mass is 32.2. The van der Waals surface area contributed by atoms with Crippen molar-refractivity contribution in [3.05, 3.63) is 78.4 Å². The minimum absolute atomic E-state index is 0.0261. The summed E-state index contributed by atoms with van der Waals surface area (Å²) in [5.41, 5.74) is 1.17. The number of rotatable bonds is 9. The topological polar surface area (TPSA) is 113 Å². The number of carbonyl (C=O) groups excluding carboxylic acids is 1. The number of anilines is 2. The molecule has 1 saturated heterocycles. The zero-order valence-electron chi connectivity index (χ0n) is 20.6. The van der Waals surface area contributed by atoms with Gasteiger partial charge in [-0.2, -0.15) is 4.31 Å². The second-order valence-electron chi connectivity index (χ2n) is 8.63. The van der Waals surface area contributed by atoms with E-state index in [2.05, 4.69) is 5.32 Å². The molecule has 0 saturated carbocycles. The molecule has 0 atom stereocenters. The van der Waals surface area contributed by atoms with Gasteiger partial charge in [-0.3, -0.25) is 9.10 Å². The molecule has 1 fully saturated rings. The molecule has 0 spiro atoms. The highest BCUT2D eigenvalue weighted by Gasteiger charge is 2.30. The molecule has 3 aromatic carbocycles. The maximum absolute atomic E-state index is 13.6. The first-order chi connectivity index (χ1) is 17.6. The van der Waals surface area contributed by atoms with Gasteiger partial charge in [-0.15, -0.1) is 0 Å². The zero-order chi connectivity index (χ0) is 26.6. The molecule has 0 aromatic heterocycles. The van der Waals surface area contributed by atoms with Gasteiger partial charge in [0.1, 0.15) is 12.3 Å². The van der Waals surface area contributed by atoms with Crippen LogP contribution < -0.4 is 14.4 Å². The fourth-order valence-corrected chi connectivity index (χ4v) is 7.26. The summed E-state index contributed by atoms with van der Waals surface area (Å²) in [4.78, 5) is 13.3. The van der Waals surface area contributed by atoms with Crippen LogP contribution in [0.4, 0.5) is 11.4 Å². The molecule has 11 heteroatoms. The van der Waals surface area contributed by atoms with Gasteiger partial charge in [0.2, 0.25) is 15.9 Å². The molecule has 0 radical (unpaired) electrons. The van der Waals surface area contributed by atoms with E-state index in [0.29, 0.717) is 24.3 Å². The summed E-state index contributed by atoms with van der Waals surface area (Å²) in [5.74, 6) is -0.404. The molecule has 9 nitrogen and oxygen atoms in total. The van der Waals surface area contributed by atoms with Crippen molar-refractivity contribution in [2.75, 3.05) is 36.4 Å². The van der Waals surface area contributed by atoms with Gasteiger partial charge in [0.15, 0.2) is 0 Å². The Bertz CT molecular complexity index is 1490. The number of ether oxygens (including phenoxy) is 1. The SMILES string of the molecule is COc1ccc(S(=O)(=O)N2CCCC2)cc1NC(=O)CN(c1ccccc1C)S(=O)(=O)c1ccccc1. The first kappa shape index (κ1) is 26.6. The average Bonchev–Trinajstić information content (AvgIpc) is 3.44. The third-order valence-corrected chi connectivity index (χ3v) is 9.82. The summed E-state index contributed by atoms with van der Waals surface area (Å²) in [5, 5.41) is 2.65. The summed E-state index contributed by atoms with van der Waals surface area (Å²) in [6, 6.07) is 19.0. The fourth-order valence-electron chi connectivity index (χ4n) is 4.21. The van der Waals surface area contributed by atoms with Gasteiger partial charge in [-0.05, 0) is 61.7 Å². The normalized spacial score (nSPS) is 14.3. The molecule has 196 valence electrons. The smallest absolute Gasteiger partial charge is 0.264 e. The van der Waals surface area contributed by atoms with E-state index >= 15 is 0 Å². The number of nitrogens with one attached hydrogen (secondary N) is 1.